The molecule has 0 saturated carbocycles. The van der Waals surface area contributed by atoms with Crippen molar-refractivity contribution >= 4 is 29.3 Å². The highest BCUT2D eigenvalue weighted by atomic mass is 32.2. The Hall–Kier alpha value is -3.84. The number of nitrogens with two attached hydrogens (primary N) is 1. The molecule has 178 valence electrons. The van der Waals surface area contributed by atoms with Crippen LogP contribution >= 0.6 is 11.8 Å². The molecule has 0 fully saturated rings. The summed E-state index contributed by atoms with van der Waals surface area (Å²) in [6.07, 6.45) is 0.621. The molecule has 1 atom stereocenters. The van der Waals surface area contributed by atoms with Crippen molar-refractivity contribution in [3.05, 3.63) is 89.5 Å². The summed E-state index contributed by atoms with van der Waals surface area (Å²) in [6.45, 7) is 6.09. The molecule has 0 radical (unpaired) electrons. The van der Waals surface area contributed by atoms with Gasteiger partial charge in [0.25, 0.3) is 0 Å². The van der Waals surface area contributed by atoms with Crippen LogP contribution in [0.1, 0.15) is 34.8 Å². The molecule has 1 aromatic heterocycles. The maximum atomic E-state index is 13.0. The lowest BCUT2D eigenvalue weighted by molar-refractivity contribution is -0.115. The fourth-order valence-electron chi connectivity index (χ4n) is 3.65. The van der Waals surface area contributed by atoms with E-state index in [1.807, 2.05) is 6.92 Å². The van der Waals surface area contributed by atoms with Gasteiger partial charge in [-0.3, -0.25) is 9.59 Å². The zero-order valence-electron chi connectivity index (χ0n) is 20.0. The standard InChI is InChI=1S/C28H28N4O2S/c1-4-23(27(34)30-22-15-13-21(14-16-22)26(29)33)35-28-31-24(19-9-5-17(2)6-10-19)25(32-28)20-11-7-18(3)8-12-20/h5-16,23H,4H2,1-3H3,(H2,29,33)(H,30,34)(H,31,32). The number of amides is 2. The van der Waals surface area contributed by atoms with Crippen molar-refractivity contribution in [1.29, 1.82) is 0 Å². The predicted octanol–water partition coefficient (Wildman–Crippen LogP) is 5.97. The lowest BCUT2D eigenvalue weighted by Gasteiger charge is -2.13. The molecule has 0 aliphatic heterocycles. The zero-order valence-corrected chi connectivity index (χ0v) is 20.8. The van der Waals surface area contributed by atoms with Gasteiger partial charge in [0.2, 0.25) is 11.8 Å². The second-order valence-corrected chi connectivity index (χ2v) is 9.63. The van der Waals surface area contributed by atoms with Crippen molar-refractivity contribution in [1.82, 2.24) is 9.97 Å². The van der Waals surface area contributed by atoms with Gasteiger partial charge in [-0.2, -0.15) is 0 Å². The van der Waals surface area contributed by atoms with Gasteiger partial charge in [0.05, 0.1) is 16.6 Å². The van der Waals surface area contributed by atoms with Crippen molar-refractivity contribution in [2.24, 2.45) is 5.73 Å². The maximum Gasteiger partial charge on any atom is 0.248 e. The van der Waals surface area contributed by atoms with Gasteiger partial charge in [-0.15, -0.1) is 0 Å². The van der Waals surface area contributed by atoms with Crippen molar-refractivity contribution in [2.45, 2.75) is 37.6 Å². The predicted molar refractivity (Wildman–Crippen MR) is 142 cm³/mol. The van der Waals surface area contributed by atoms with Crippen LogP contribution in [0.2, 0.25) is 0 Å². The van der Waals surface area contributed by atoms with Gasteiger partial charge < -0.3 is 16.0 Å². The first-order chi connectivity index (χ1) is 16.8. The first-order valence-electron chi connectivity index (χ1n) is 11.5. The summed E-state index contributed by atoms with van der Waals surface area (Å²) < 4.78 is 0. The molecule has 4 N–H and O–H groups in total. The van der Waals surface area contributed by atoms with E-state index in [9.17, 15) is 9.59 Å². The normalized spacial score (nSPS) is 11.7. The Labute approximate surface area is 209 Å². The zero-order chi connectivity index (χ0) is 24.9. The number of carbonyl (C=O) groups excluding carboxylic acids is 2. The largest absolute Gasteiger partial charge is 0.366 e. The molecule has 6 nitrogen and oxygen atoms in total. The van der Waals surface area contributed by atoms with Gasteiger partial charge in [0, 0.05) is 22.4 Å². The fourth-order valence-corrected chi connectivity index (χ4v) is 4.56. The third kappa shape index (κ3) is 5.81. The molecule has 1 unspecified atom stereocenters. The molecule has 4 rings (SSSR count). The molecule has 0 spiro atoms. The van der Waals surface area contributed by atoms with Gasteiger partial charge in [0.1, 0.15) is 0 Å². The number of aromatic amines is 1. The van der Waals surface area contributed by atoms with Gasteiger partial charge >= 0.3 is 0 Å². The Bertz CT molecular complexity index is 1260. The van der Waals surface area contributed by atoms with Crippen molar-refractivity contribution in [3.8, 4) is 22.5 Å². The number of nitrogens with zero attached hydrogens (tertiary/aromatic N) is 1. The summed E-state index contributed by atoms with van der Waals surface area (Å²) in [6, 6.07) is 23.1. The molecule has 2 amide bonds. The van der Waals surface area contributed by atoms with E-state index in [1.165, 1.54) is 22.9 Å². The molecule has 4 aromatic rings. The van der Waals surface area contributed by atoms with Crippen LogP contribution < -0.4 is 11.1 Å². The van der Waals surface area contributed by atoms with Crippen LogP contribution in [0, 0.1) is 13.8 Å². The molecular formula is C28H28N4O2S. The summed E-state index contributed by atoms with van der Waals surface area (Å²) in [5.74, 6) is -0.633. The van der Waals surface area contributed by atoms with E-state index in [1.54, 1.807) is 24.3 Å². The Balaban J connectivity index is 1.59. The van der Waals surface area contributed by atoms with E-state index in [0.717, 1.165) is 22.5 Å². The number of hydrogen-bond donors (Lipinski definition) is 3. The van der Waals surface area contributed by atoms with E-state index in [2.05, 4.69) is 72.7 Å². The third-order valence-corrected chi connectivity index (χ3v) is 6.95. The summed E-state index contributed by atoms with van der Waals surface area (Å²) in [5, 5.41) is 3.25. The second-order valence-electron chi connectivity index (χ2n) is 8.44. The van der Waals surface area contributed by atoms with E-state index in [4.69, 9.17) is 10.7 Å². The van der Waals surface area contributed by atoms with E-state index in [0.29, 0.717) is 22.8 Å². The molecule has 0 saturated heterocycles. The first kappa shape index (κ1) is 24.3. The first-order valence-corrected chi connectivity index (χ1v) is 12.3. The van der Waals surface area contributed by atoms with Crippen LogP contribution in [0.15, 0.2) is 78.0 Å². The SMILES string of the molecule is CCC(Sc1nc(-c2ccc(C)cc2)c(-c2ccc(C)cc2)[nH]1)C(=O)Nc1ccc(C(N)=O)cc1. The number of carbonyl (C=O) groups is 2. The third-order valence-electron chi connectivity index (χ3n) is 5.70. The molecule has 1 heterocycles. The average Bonchev–Trinajstić information content (AvgIpc) is 3.27. The number of aromatic nitrogens is 2. The average molecular weight is 485 g/mol. The van der Waals surface area contributed by atoms with Crippen molar-refractivity contribution in [3.63, 3.8) is 0 Å². The summed E-state index contributed by atoms with van der Waals surface area (Å²) in [7, 11) is 0. The van der Waals surface area contributed by atoms with Crippen LogP contribution in [0.3, 0.4) is 0 Å². The number of H-pyrrole nitrogens is 1. The number of benzene rings is 3. The van der Waals surface area contributed by atoms with Gasteiger partial charge in [-0.25, -0.2) is 4.98 Å². The van der Waals surface area contributed by atoms with E-state index >= 15 is 0 Å². The highest BCUT2D eigenvalue weighted by Gasteiger charge is 2.22. The lowest BCUT2D eigenvalue weighted by Crippen LogP contribution is -2.24. The number of hydrogen-bond acceptors (Lipinski definition) is 4. The van der Waals surface area contributed by atoms with Crippen molar-refractivity contribution in [2.75, 3.05) is 5.32 Å². The number of primary amides is 1. The van der Waals surface area contributed by atoms with Gasteiger partial charge in [0.15, 0.2) is 5.16 Å². The van der Waals surface area contributed by atoms with Gasteiger partial charge in [-0.05, 0) is 44.5 Å². The number of rotatable bonds is 8. The minimum absolute atomic E-state index is 0.130. The number of aryl methyl sites for hydroxylation is 2. The second kappa shape index (κ2) is 10.6. The quantitative estimate of drug-likeness (QED) is 0.268. The Morgan fingerprint density at radius 2 is 1.49 bits per heavy atom. The highest BCUT2D eigenvalue weighted by molar-refractivity contribution is 8.00. The molecule has 0 bridgehead atoms. The van der Waals surface area contributed by atoms with Gasteiger partial charge in [-0.1, -0.05) is 78.3 Å². The Morgan fingerprint density at radius 3 is 2.03 bits per heavy atom. The smallest absolute Gasteiger partial charge is 0.248 e. The molecule has 0 aliphatic carbocycles. The minimum atomic E-state index is -0.503. The molecular weight excluding hydrogens is 456 g/mol. The van der Waals surface area contributed by atoms with Crippen LogP contribution in [0.5, 0.6) is 0 Å². The van der Waals surface area contributed by atoms with E-state index in [-0.39, 0.29) is 11.2 Å². The highest BCUT2D eigenvalue weighted by Crippen LogP contribution is 2.35. The molecule has 3 aromatic carbocycles. The van der Waals surface area contributed by atoms with Crippen LogP contribution in [-0.4, -0.2) is 27.0 Å². The molecule has 7 heteroatoms. The number of imidazole rings is 1. The minimum Gasteiger partial charge on any atom is -0.366 e. The van der Waals surface area contributed by atoms with Crippen molar-refractivity contribution < 1.29 is 9.59 Å². The van der Waals surface area contributed by atoms with E-state index < -0.39 is 5.91 Å². The fraction of sp³-hybridized carbons (Fsp3) is 0.179. The molecule has 35 heavy (non-hydrogen) atoms. The number of anilines is 1. The van der Waals surface area contributed by atoms with Crippen LogP contribution in [0.25, 0.3) is 22.5 Å². The van der Waals surface area contributed by atoms with Crippen LogP contribution in [0.4, 0.5) is 5.69 Å². The maximum absolute atomic E-state index is 13.0. The lowest BCUT2D eigenvalue weighted by atomic mass is 10.0. The summed E-state index contributed by atoms with van der Waals surface area (Å²) in [4.78, 5) is 32.6. The monoisotopic (exact) mass is 484 g/mol. The van der Waals surface area contributed by atoms with Crippen LogP contribution in [-0.2, 0) is 4.79 Å². The number of nitrogens with one attached hydrogen (secondary N) is 2. The summed E-state index contributed by atoms with van der Waals surface area (Å²) >= 11 is 1.40. The Morgan fingerprint density at radius 1 is 0.914 bits per heavy atom. The summed E-state index contributed by atoms with van der Waals surface area (Å²) in [5.41, 5.74) is 12.5. The topological polar surface area (TPSA) is 101 Å². The molecule has 0 aliphatic rings. The Kier molecular flexibility index (Phi) is 7.36. The number of thioether (sulfide) groups is 1.